The highest BCUT2D eigenvalue weighted by atomic mass is 35.5. The molecule has 0 aliphatic carbocycles. The largest absolute Gasteiger partial charge is 0.493 e. The summed E-state index contributed by atoms with van der Waals surface area (Å²) in [7, 11) is 1.54. The van der Waals surface area contributed by atoms with Gasteiger partial charge in [-0.1, -0.05) is 13.8 Å². The van der Waals surface area contributed by atoms with Crippen LogP contribution in [-0.2, 0) is 0 Å². The summed E-state index contributed by atoms with van der Waals surface area (Å²) < 4.78 is 21.7. The molecule has 152 valence electrons. The summed E-state index contributed by atoms with van der Waals surface area (Å²) in [6, 6.07) is 8.34. The average molecular weight is 409 g/mol. The van der Waals surface area contributed by atoms with Crippen LogP contribution >= 0.6 is 12.4 Å². The van der Waals surface area contributed by atoms with Gasteiger partial charge in [-0.3, -0.25) is 4.79 Å². The lowest BCUT2D eigenvalue weighted by Crippen LogP contribution is -2.13. The number of ether oxygens (including phenoxy) is 4. The summed E-state index contributed by atoms with van der Waals surface area (Å²) in [6.45, 7) is 5.00. The van der Waals surface area contributed by atoms with Crippen molar-refractivity contribution in [2.24, 2.45) is 5.92 Å². The van der Waals surface area contributed by atoms with Crippen LogP contribution in [0.15, 0.2) is 30.3 Å². The van der Waals surface area contributed by atoms with Gasteiger partial charge in [0.2, 0.25) is 6.79 Å². The highest BCUT2D eigenvalue weighted by Gasteiger charge is 2.18. The molecule has 0 saturated heterocycles. The van der Waals surface area contributed by atoms with E-state index < -0.39 is 0 Å². The Kier molecular flexibility index (Phi) is 7.23. The van der Waals surface area contributed by atoms with Crippen LogP contribution in [0, 0.1) is 5.92 Å². The van der Waals surface area contributed by atoms with Gasteiger partial charge in [-0.2, -0.15) is 0 Å². The molecule has 0 unspecified atom stereocenters. The zero-order valence-electron chi connectivity index (χ0n) is 16.1. The Morgan fingerprint density at radius 1 is 1.18 bits per heavy atom. The SMILES string of the molecule is COc1cc(C(=O)Nc2cc3c(cc2N)OCO3)ccc1OCCC(C)C.Cl. The number of nitrogens with one attached hydrogen (secondary N) is 1. The van der Waals surface area contributed by atoms with E-state index in [1.54, 1.807) is 37.4 Å². The Morgan fingerprint density at radius 2 is 1.89 bits per heavy atom. The number of amides is 1. The number of methoxy groups -OCH3 is 1. The lowest BCUT2D eigenvalue weighted by Gasteiger charge is -2.14. The number of carbonyl (C=O) groups excluding carboxylic acids is 1. The molecule has 0 aromatic heterocycles. The fourth-order valence-corrected chi connectivity index (χ4v) is 2.59. The second kappa shape index (κ2) is 9.41. The topological polar surface area (TPSA) is 92.0 Å². The van der Waals surface area contributed by atoms with E-state index >= 15 is 0 Å². The normalized spacial score (nSPS) is 11.7. The lowest BCUT2D eigenvalue weighted by atomic mass is 10.1. The molecular weight excluding hydrogens is 384 g/mol. The van der Waals surface area contributed by atoms with Gasteiger partial charge in [0, 0.05) is 17.7 Å². The molecule has 0 spiro atoms. The molecule has 0 radical (unpaired) electrons. The first-order valence-electron chi connectivity index (χ1n) is 8.79. The van der Waals surface area contributed by atoms with E-state index in [1.165, 1.54) is 0 Å². The molecule has 0 bridgehead atoms. The quantitative estimate of drug-likeness (QED) is 0.670. The molecule has 0 saturated carbocycles. The summed E-state index contributed by atoms with van der Waals surface area (Å²) in [5.41, 5.74) is 7.27. The van der Waals surface area contributed by atoms with Crippen molar-refractivity contribution >= 4 is 29.7 Å². The zero-order chi connectivity index (χ0) is 19.4. The number of anilines is 2. The number of carbonyl (C=O) groups is 1. The van der Waals surface area contributed by atoms with Crippen LogP contribution in [0.25, 0.3) is 0 Å². The van der Waals surface area contributed by atoms with Crippen LogP contribution in [0.2, 0.25) is 0 Å². The first kappa shape index (κ1) is 21.5. The van der Waals surface area contributed by atoms with Crippen molar-refractivity contribution < 1.29 is 23.7 Å². The van der Waals surface area contributed by atoms with E-state index in [4.69, 9.17) is 24.7 Å². The predicted octanol–water partition coefficient (Wildman–Crippen LogP) is 4.11. The Morgan fingerprint density at radius 3 is 2.57 bits per heavy atom. The Labute approximate surface area is 170 Å². The number of halogens is 1. The van der Waals surface area contributed by atoms with Crippen LogP contribution < -0.4 is 30.0 Å². The minimum absolute atomic E-state index is 0. The first-order chi connectivity index (χ1) is 13.0. The number of hydrogen-bond donors (Lipinski definition) is 2. The van der Waals surface area contributed by atoms with Crippen molar-refractivity contribution in [2.75, 3.05) is 31.6 Å². The molecule has 0 fully saturated rings. The molecule has 8 heteroatoms. The minimum atomic E-state index is -0.312. The molecule has 3 N–H and O–H groups in total. The van der Waals surface area contributed by atoms with E-state index in [2.05, 4.69) is 19.2 Å². The highest BCUT2D eigenvalue weighted by Crippen LogP contribution is 2.38. The van der Waals surface area contributed by atoms with Crippen molar-refractivity contribution in [1.29, 1.82) is 0 Å². The third-order valence-electron chi connectivity index (χ3n) is 4.17. The van der Waals surface area contributed by atoms with Crippen LogP contribution in [0.5, 0.6) is 23.0 Å². The third kappa shape index (κ3) is 4.92. The molecule has 3 rings (SSSR count). The van der Waals surface area contributed by atoms with E-state index in [0.717, 1.165) is 6.42 Å². The zero-order valence-corrected chi connectivity index (χ0v) is 16.9. The van der Waals surface area contributed by atoms with E-state index in [0.29, 0.717) is 52.5 Å². The van der Waals surface area contributed by atoms with Gasteiger partial charge >= 0.3 is 0 Å². The predicted molar refractivity (Wildman–Crippen MR) is 110 cm³/mol. The summed E-state index contributed by atoms with van der Waals surface area (Å²) in [6.07, 6.45) is 0.939. The number of benzene rings is 2. The lowest BCUT2D eigenvalue weighted by molar-refractivity contribution is 0.102. The maximum absolute atomic E-state index is 12.6. The molecule has 2 aromatic carbocycles. The standard InChI is InChI=1S/C20H24N2O5.ClH/c1-12(2)6-7-25-16-5-4-13(8-17(16)24-3)20(23)22-15-10-19-18(9-14(15)21)26-11-27-19;/h4-5,8-10,12H,6-7,11,21H2,1-3H3,(H,22,23);1H. The third-order valence-corrected chi connectivity index (χ3v) is 4.17. The maximum atomic E-state index is 12.6. The molecule has 1 aliphatic heterocycles. The van der Waals surface area contributed by atoms with Gasteiger partial charge in [0.25, 0.3) is 5.91 Å². The summed E-state index contributed by atoms with van der Waals surface area (Å²) in [4.78, 5) is 12.6. The van der Waals surface area contributed by atoms with E-state index in [9.17, 15) is 4.79 Å². The highest BCUT2D eigenvalue weighted by molar-refractivity contribution is 6.06. The van der Waals surface area contributed by atoms with Crippen LogP contribution in [0.3, 0.4) is 0 Å². The Bertz CT molecular complexity index is 842. The second-order valence-corrected chi connectivity index (χ2v) is 6.64. The monoisotopic (exact) mass is 408 g/mol. The minimum Gasteiger partial charge on any atom is -0.493 e. The van der Waals surface area contributed by atoms with Crippen molar-refractivity contribution in [3.63, 3.8) is 0 Å². The fourth-order valence-electron chi connectivity index (χ4n) is 2.59. The van der Waals surface area contributed by atoms with Gasteiger partial charge in [0.1, 0.15) is 0 Å². The molecule has 28 heavy (non-hydrogen) atoms. The van der Waals surface area contributed by atoms with E-state index in [1.807, 2.05) is 0 Å². The summed E-state index contributed by atoms with van der Waals surface area (Å²) in [5.74, 6) is 2.46. The number of nitrogens with two attached hydrogens (primary N) is 1. The molecule has 1 heterocycles. The van der Waals surface area contributed by atoms with Gasteiger partial charge in [-0.15, -0.1) is 12.4 Å². The van der Waals surface area contributed by atoms with Crippen molar-refractivity contribution in [3.8, 4) is 23.0 Å². The molecular formula is C20H25ClN2O5. The number of nitrogen functional groups attached to an aromatic ring is 1. The molecule has 2 aromatic rings. The summed E-state index contributed by atoms with van der Waals surface area (Å²) >= 11 is 0. The maximum Gasteiger partial charge on any atom is 0.255 e. The number of hydrogen-bond acceptors (Lipinski definition) is 6. The first-order valence-corrected chi connectivity index (χ1v) is 8.79. The van der Waals surface area contributed by atoms with E-state index in [-0.39, 0.29) is 25.1 Å². The van der Waals surface area contributed by atoms with Crippen molar-refractivity contribution in [2.45, 2.75) is 20.3 Å². The number of rotatable bonds is 7. The average Bonchev–Trinajstić information content (AvgIpc) is 3.08. The number of fused-ring (bicyclic) bond motifs is 1. The van der Waals surface area contributed by atoms with Crippen LogP contribution in [0.1, 0.15) is 30.6 Å². The van der Waals surface area contributed by atoms with Gasteiger partial charge in [0.15, 0.2) is 23.0 Å². The smallest absolute Gasteiger partial charge is 0.255 e. The van der Waals surface area contributed by atoms with Crippen LogP contribution in [-0.4, -0.2) is 26.4 Å². The van der Waals surface area contributed by atoms with Gasteiger partial charge < -0.3 is 30.0 Å². The Balaban J connectivity index is 0.00000280. The molecule has 0 atom stereocenters. The van der Waals surface area contributed by atoms with Crippen molar-refractivity contribution in [3.05, 3.63) is 35.9 Å². The van der Waals surface area contributed by atoms with Gasteiger partial charge in [-0.25, -0.2) is 0 Å². The van der Waals surface area contributed by atoms with Crippen molar-refractivity contribution in [1.82, 2.24) is 0 Å². The molecule has 7 nitrogen and oxygen atoms in total. The second-order valence-electron chi connectivity index (χ2n) is 6.64. The van der Waals surface area contributed by atoms with Crippen LogP contribution in [0.4, 0.5) is 11.4 Å². The Hall–Kier alpha value is -2.80. The molecule has 1 amide bonds. The summed E-state index contributed by atoms with van der Waals surface area (Å²) in [5, 5.41) is 2.79. The fraction of sp³-hybridized carbons (Fsp3) is 0.350. The van der Waals surface area contributed by atoms with Gasteiger partial charge in [-0.05, 0) is 30.5 Å². The van der Waals surface area contributed by atoms with Gasteiger partial charge in [0.05, 0.1) is 25.1 Å². The molecule has 1 aliphatic rings.